The van der Waals surface area contributed by atoms with Crippen molar-refractivity contribution in [1.29, 1.82) is 0 Å². The molecule has 5 nitrogen and oxygen atoms in total. The fourth-order valence-corrected chi connectivity index (χ4v) is 1.81. The fraction of sp³-hybridized carbons (Fsp3) is 0.286. The smallest absolute Gasteiger partial charge is 0.263 e. The lowest BCUT2D eigenvalue weighted by Gasteiger charge is -2.08. The highest BCUT2D eigenvalue weighted by Crippen LogP contribution is 2.16. The SMILES string of the molecule is Cc1cc(C)cc(OCC(=O)Nc2[nH]ncc2C)c1. The molecule has 5 heteroatoms. The first-order valence-corrected chi connectivity index (χ1v) is 6.05. The van der Waals surface area contributed by atoms with E-state index in [9.17, 15) is 4.79 Å². The molecule has 0 saturated carbocycles. The first-order chi connectivity index (χ1) is 9.04. The molecule has 0 bridgehead atoms. The van der Waals surface area contributed by atoms with Crippen LogP contribution >= 0.6 is 0 Å². The Hall–Kier alpha value is -2.30. The minimum Gasteiger partial charge on any atom is -0.484 e. The van der Waals surface area contributed by atoms with Gasteiger partial charge in [-0.25, -0.2) is 0 Å². The van der Waals surface area contributed by atoms with Crippen LogP contribution in [0.15, 0.2) is 24.4 Å². The molecule has 1 amide bonds. The van der Waals surface area contributed by atoms with Crippen LogP contribution < -0.4 is 10.1 Å². The topological polar surface area (TPSA) is 67.0 Å². The summed E-state index contributed by atoms with van der Waals surface area (Å²) >= 11 is 0. The molecule has 0 aliphatic heterocycles. The molecule has 2 aromatic rings. The van der Waals surface area contributed by atoms with Crippen molar-refractivity contribution in [3.63, 3.8) is 0 Å². The summed E-state index contributed by atoms with van der Waals surface area (Å²) in [5.74, 6) is 1.09. The molecule has 0 fully saturated rings. The number of nitrogens with one attached hydrogen (secondary N) is 2. The minimum atomic E-state index is -0.216. The van der Waals surface area contributed by atoms with Crippen molar-refractivity contribution < 1.29 is 9.53 Å². The van der Waals surface area contributed by atoms with E-state index >= 15 is 0 Å². The van der Waals surface area contributed by atoms with Gasteiger partial charge >= 0.3 is 0 Å². The predicted molar refractivity (Wildman–Crippen MR) is 73.4 cm³/mol. The van der Waals surface area contributed by atoms with Crippen molar-refractivity contribution in [2.45, 2.75) is 20.8 Å². The number of carbonyl (C=O) groups is 1. The van der Waals surface area contributed by atoms with E-state index in [1.54, 1.807) is 6.20 Å². The Morgan fingerprint density at radius 1 is 1.26 bits per heavy atom. The Labute approximate surface area is 112 Å². The molecule has 1 aromatic carbocycles. The number of nitrogens with zero attached hydrogens (tertiary/aromatic N) is 1. The molecule has 100 valence electrons. The molecule has 0 saturated heterocycles. The van der Waals surface area contributed by atoms with E-state index in [0.717, 1.165) is 16.7 Å². The molecule has 1 heterocycles. The summed E-state index contributed by atoms with van der Waals surface area (Å²) in [6, 6.07) is 5.87. The number of carbonyl (C=O) groups excluding carboxylic acids is 1. The van der Waals surface area contributed by atoms with Crippen molar-refractivity contribution in [1.82, 2.24) is 10.2 Å². The number of anilines is 1. The monoisotopic (exact) mass is 259 g/mol. The first-order valence-electron chi connectivity index (χ1n) is 6.05. The molecular formula is C14H17N3O2. The van der Waals surface area contributed by atoms with Crippen molar-refractivity contribution in [3.05, 3.63) is 41.1 Å². The van der Waals surface area contributed by atoms with Crippen LogP contribution in [0.1, 0.15) is 16.7 Å². The Morgan fingerprint density at radius 2 is 1.95 bits per heavy atom. The molecule has 0 radical (unpaired) electrons. The Bertz CT molecular complexity index is 570. The second kappa shape index (κ2) is 5.56. The number of aromatic amines is 1. The van der Waals surface area contributed by atoms with Crippen molar-refractivity contribution >= 4 is 11.7 Å². The first kappa shape index (κ1) is 13.1. The summed E-state index contributed by atoms with van der Waals surface area (Å²) < 4.78 is 5.47. The zero-order valence-electron chi connectivity index (χ0n) is 11.3. The van der Waals surface area contributed by atoms with Crippen LogP contribution in [0.5, 0.6) is 5.75 Å². The highest BCUT2D eigenvalue weighted by atomic mass is 16.5. The Morgan fingerprint density at radius 3 is 2.53 bits per heavy atom. The van der Waals surface area contributed by atoms with E-state index in [1.165, 1.54) is 0 Å². The summed E-state index contributed by atoms with van der Waals surface area (Å²) in [7, 11) is 0. The van der Waals surface area contributed by atoms with Gasteiger partial charge in [0.15, 0.2) is 6.61 Å². The fourth-order valence-electron chi connectivity index (χ4n) is 1.81. The van der Waals surface area contributed by atoms with Gasteiger partial charge in [0.05, 0.1) is 6.20 Å². The molecule has 19 heavy (non-hydrogen) atoms. The van der Waals surface area contributed by atoms with Gasteiger partial charge in [0, 0.05) is 5.56 Å². The number of rotatable bonds is 4. The quantitative estimate of drug-likeness (QED) is 0.885. The van der Waals surface area contributed by atoms with Crippen LogP contribution in [0.4, 0.5) is 5.82 Å². The molecule has 0 unspecified atom stereocenters. The van der Waals surface area contributed by atoms with E-state index < -0.39 is 0 Å². The number of H-pyrrole nitrogens is 1. The Balaban J connectivity index is 1.91. The summed E-state index contributed by atoms with van der Waals surface area (Å²) in [5, 5.41) is 9.26. The minimum absolute atomic E-state index is 0.0264. The van der Waals surface area contributed by atoms with Gasteiger partial charge in [-0.15, -0.1) is 0 Å². The average molecular weight is 259 g/mol. The van der Waals surface area contributed by atoms with Gasteiger partial charge in [0.1, 0.15) is 11.6 Å². The van der Waals surface area contributed by atoms with E-state index in [1.807, 2.05) is 32.9 Å². The van der Waals surface area contributed by atoms with Crippen LogP contribution in [0.25, 0.3) is 0 Å². The van der Waals surface area contributed by atoms with Gasteiger partial charge in [-0.05, 0) is 44.0 Å². The predicted octanol–water partition coefficient (Wildman–Crippen LogP) is 2.35. The van der Waals surface area contributed by atoms with Crippen LogP contribution in [-0.4, -0.2) is 22.7 Å². The molecule has 2 rings (SSSR count). The van der Waals surface area contributed by atoms with E-state index in [4.69, 9.17) is 4.74 Å². The number of ether oxygens (including phenoxy) is 1. The molecule has 0 aliphatic rings. The summed E-state index contributed by atoms with van der Waals surface area (Å²) in [4.78, 5) is 11.7. The van der Waals surface area contributed by atoms with Gasteiger partial charge in [-0.1, -0.05) is 6.07 Å². The second-order valence-electron chi connectivity index (χ2n) is 4.59. The molecule has 0 aliphatic carbocycles. The number of hydrogen-bond donors (Lipinski definition) is 2. The number of aromatic nitrogens is 2. The number of hydrogen-bond acceptors (Lipinski definition) is 3. The third-order valence-electron chi connectivity index (χ3n) is 2.66. The van der Waals surface area contributed by atoms with Crippen molar-refractivity contribution in [2.24, 2.45) is 0 Å². The highest BCUT2D eigenvalue weighted by molar-refractivity contribution is 5.91. The van der Waals surface area contributed by atoms with E-state index in [-0.39, 0.29) is 12.5 Å². The summed E-state index contributed by atoms with van der Waals surface area (Å²) in [6.07, 6.45) is 1.65. The molecular weight excluding hydrogens is 242 g/mol. The Kier molecular flexibility index (Phi) is 3.85. The summed E-state index contributed by atoms with van der Waals surface area (Å²) in [6.45, 7) is 5.83. The largest absolute Gasteiger partial charge is 0.484 e. The van der Waals surface area contributed by atoms with Gasteiger partial charge in [-0.2, -0.15) is 5.10 Å². The third-order valence-corrected chi connectivity index (χ3v) is 2.66. The van der Waals surface area contributed by atoms with Crippen LogP contribution in [-0.2, 0) is 4.79 Å². The normalized spacial score (nSPS) is 10.3. The lowest BCUT2D eigenvalue weighted by Crippen LogP contribution is -2.20. The van der Waals surface area contributed by atoms with Crippen molar-refractivity contribution in [2.75, 3.05) is 11.9 Å². The summed E-state index contributed by atoms with van der Waals surface area (Å²) in [5.41, 5.74) is 3.11. The second-order valence-corrected chi connectivity index (χ2v) is 4.59. The number of amides is 1. The van der Waals surface area contributed by atoms with Crippen molar-refractivity contribution in [3.8, 4) is 5.75 Å². The zero-order valence-corrected chi connectivity index (χ0v) is 11.3. The highest BCUT2D eigenvalue weighted by Gasteiger charge is 2.07. The maximum atomic E-state index is 11.7. The molecule has 2 N–H and O–H groups in total. The maximum Gasteiger partial charge on any atom is 0.263 e. The lowest BCUT2D eigenvalue weighted by atomic mass is 10.1. The third kappa shape index (κ3) is 3.58. The van der Waals surface area contributed by atoms with Crippen LogP contribution in [0.3, 0.4) is 0 Å². The van der Waals surface area contributed by atoms with E-state index in [2.05, 4.69) is 21.6 Å². The lowest BCUT2D eigenvalue weighted by molar-refractivity contribution is -0.118. The van der Waals surface area contributed by atoms with E-state index in [0.29, 0.717) is 11.6 Å². The maximum absolute atomic E-state index is 11.7. The number of aryl methyl sites for hydroxylation is 3. The molecule has 0 atom stereocenters. The number of benzene rings is 1. The molecule has 1 aromatic heterocycles. The van der Waals surface area contributed by atoms with Gasteiger partial charge < -0.3 is 10.1 Å². The standard InChI is InChI=1S/C14H17N3O2/c1-9-4-10(2)6-12(5-9)19-8-13(18)16-14-11(3)7-15-17-14/h4-7H,8H2,1-3H3,(H2,15,16,17,18). The average Bonchev–Trinajstić information content (AvgIpc) is 2.71. The van der Waals surface area contributed by atoms with Crippen LogP contribution in [0.2, 0.25) is 0 Å². The molecule has 0 spiro atoms. The zero-order chi connectivity index (χ0) is 13.8. The van der Waals surface area contributed by atoms with Gasteiger partial charge in [0.25, 0.3) is 5.91 Å². The van der Waals surface area contributed by atoms with Gasteiger partial charge in [-0.3, -0.25) is 9.89 Å². The van der Waals surface area contributed by atoms with Crippen LogP contribution in [0, 0.1) is 20.8 Å². The van der Waals surface area contributed by atoms with Gasteiger partial charge in [0.2, 0.25) is 0 Å².